The Bertz CT molecular complexity index is 479. The van der Waals surface area contributed by atoms with E-state index in [2.05, 4.69) is 5.32 Å². The van der Waals surface area contributed by atoms with Crippen LogP contribution in [0.15, 0.2) is 18.2 Å². The zero-order chi connectivity index (χ0) is 14.3. The Morgan fingerprint density at radius 3 is 2.79 bits per heavy atom. The van der Waals surface area contributed by atoms with Crippen molar-refractivity contribution in [3.63, 3.8) is 0 Å². The number of nitriles is 1. The molecule has 0 heterocycles. The van der Waals surface area contributed by atoms with Crippen molar-refractivity contribution < 1.29 is 14.3 Å². The third kappa shape index (κ3) is 4.25. The molecule has 1 aromatic carbocycles. The summed E-state index contributed by atoms with van der Waals surface area (Å²) in [6.45, 7) is 0.272. The van der Waals surface area contributed by atoms with Crippen LogP contribution in [0.1, 0.15) is 12.0 Å². The lowest BCUT2D eigenvalue weighted by Crippen LogP contribution is -2.28. The number of nitrogens with two attached hydrogens (primary N) is 1. The van der Waals surface area contributed by atoms with Crippen molar-refractivity contribution in [1.82, 2.24) is 0 Å². The average molecular weight is 263 g/mol. The van der Waals surface area contributed by atoms with Gasteiger partial charge in [-0.2, -0.15) is 5.26 Å². The van der Waals surface area contributed by atoms with E-state index in [0.29, 0.717) is 17.0 Å². The fourth-order valence-electron chi connectivity index (χ4n) is 1.53. The summed E-state index contributed by atoms with van der Waals surface area (Å²) in [5.74, 6) is 0.217. The minimum Gasteiger partial charge on any atom is -0.495 e. The van der Waals surface area contributed by atoms with Gasteiger partial charge in [0.15, 0.2) is 0 Å². The van der Waals surface area contributed by atoms with E-state index in [0.717, 1.165) is 0 Å². The van der Waals surface area contributed by atoms with Crippen molar-refractivity contribution in [2.24, 2.45) is 5.73 Å². The highest BCUT2D eigenvalue weighted by Crippen LogP contribution is 2.25. The predicted octanol–water partition coefficient (Wildman–Crippen LogP) is 0.869. The molecule has 0 spiro atoms. The zero-order valence-electron chi connectivity index (χ0n) is 11.0. The van der Waals surface area contributed by atoms with Gasteiger partial charge in [-0.15, -0.1) is 0 Å². The summed E-state index contributed by atoms with van der Waals surface area (Å²) in [5, 5.41) is 11.5. The van der Waals surface area contributed by atoms with Crippen LogP contribution in [0, 0.1) is 11.3 Å². The number of ether oxygens (including phenoxy) is 2. The lowest BCUT2D eigenvalue weighted by molar-refractivity contribution is -0.118. The number of nitrogens with zero attached hydrogens (tertiary/aromatic N) is 1. The summed E-state index contributed by atoms with van der Waals surface area (Å²) < 4.78 is 10.2. The maximum atomic E-state index is 11.8. The third-order valence-electron chi connectivity index (χ3n) is 2.61. The third-order valence-corrected chi connectivity index (χ3v) is 2.61. The standard InChI is InChI=1S/C13H17N3O3/c1-18-10(8-15)6-13(17)16-11-4-3-9(7-14)5-12(11)19-2/h3-5,10H,6,8,15H2,1-2H3,(H,16,17). The monoisotopic (exact) mass is 263 g/mol. The van der Waals surface area contributed by atoms with Crippen molar-refractivity contribution >= 4 is 11.6 Å². The average Bonchev–Trinajstić information content (AvgIpc) is 2.45. The zero-order valence-corrected chi connectivity index (χ0v) is 11.0. The number of nitrogens with one attached hydrogen (secondary N) is 1. The molecule has 0 bridgehead atoms. The van der Waals surface area contributed by atoms with Gasteiger partial charge < -0.3 is 20.5 Å². The van der Waals surface area contributed by atoms with E-state index in [9.17, 15) is 4.79 Å². The van der Waals surface area contributed by atoms with Crippen molar-refractivity contribution in [2.75, 3.05) is 26.1 Å². The number of hydrogen-bond donors (Lipinski definition) is 2. The molecule has 0 saturated carbocycles. The first-order chi connectivity index (χ1) is 9.14. The van der Waals surface area contributed by atoms with Crippen molar-refractivity contribution in [1.29, 1.82) is 5.26 Å². The SMILES string of the molecule is COc1cc(C#N)ccc1NC(=O)CC(CN)OC. The van der Waals surface area contributed by atoms with E-state index in [4.69, 9.17) is 20.5 Å². The molecule has 6 nitrogen and oxygen atoms in total. The molecule has 0 radical (unpaired) electrons. The molecule has 0 aliphatic rings. The molecule has 0 fully saturated rings. The van der Waals surface area contributed by atoms with E-state index in [-0.39, 0.29) is 25.0 Å². The maximum absolute atomic E-state index is 11.8. The first-order valence-electron chi connectivity index (χ1n) is 5.75. The van der Waals surface area contributed by atoms with Crippen molar-refractivity contribution in [3.05, 3.63) is 23.8 Å². The molecule has 102 valence electrons. The van der Waals surface area contributed by atoms with Gasteiger partial charge in [0.1, 0.15) is 5.75 Å². The van der Waals surface area contributed by atoms with Crippen LogP contribution < -0.4 is 15.8 Å². The molecule has 1 aromatic rings. The molecule has 0 aromatic heterocycles. The van der Waals surface area contributed by atoms with Gasteiger partial charge in [0, 0.05) is 19.7 Å². The number of amides is 1. The lowest BCUT2D eigenvalue weighted by Gasteiger charge is -2.14. The van der Waals surface area contributed by atoms with Gasteiger partial charge >= 0.3 is 0 Å². The summed E-state index contributed by atoms with van der Waals surface area (Å²) in [6.07, 6.45) is -0.153. The Morgan fingerprint density at radius 2 is 2.26 bits per heavy atom. The number of hydrogen-bond acceptors (Lipinski definition) is 5. The smallest absolute Gasteiger partial charge is 0.227 e. The molecule has 6 heteroatoms. The van der Waals surface area contributed by atoms with Gasteiger partial charge in [-0.1, -0.05) is 0 Å². The minimum absolute atomic E-state index is 0.163. The topological polar surface area (TPSA) is 97.4 Å². The summed E-state index contributed by atoms with van der Waals surface area (Å²) in [5.41, 5.74) is 6.43. The predicted molar refractivity (Wildman–Crippen MR) is 70.8 cm³/mol. The van der Waals surface area contributed by atoms with Crippen LogP contribution in [-0.4, -0.2) is 32.8 Å². The second-order valence-electron chi connectivity index (χ2n) is 3.87. The van der Waals surface area contributed by atoms with Crippen LogP contribution in [-0.2, 0) is 9.53 Å². The summed E-state index contributed by atoms with van der Waals surface area (Å²) in [4.78, 5) is 11.8. The number of anilines is 1. The van der Waals surface area contributed by atoms with Crippen LogP contribution >= 0.6 is 0 Å². The largest absolute Gasteiger partial charge is 0.495 e. The van der Waals surface area contributed by atoms with Crippen LogP contribution in [0.5, 0.6) is 5.75 Å². The molecular formula is C13H17N3O3. The number of rotatable bonds is 6. The Kier molecular flexibility index (Phi) is 5.79. The molecule has 1 rings (SSSR count). The van der Waals surface area contributed by atoms with E-state index < -0.39 is 0 Å². The van der Waals surface area contributed by atoms with E-state index in [1.165, 1.54) is 14.2 Å². The molecule has 1 amide bonds. The lowest BCUT2D eigenvalue weighted by atomic mass is 10.2. The molecule has 1 unspecified atom stereocenters. The number of carbonyl (C=O) groups excluding carboxylic acids is 1. The quantitative estimate of drug-likeness (QED) is 0.793. The van der Waals surface area contributed by atoms with E-state index >= 15 is 0 Å². The Labute approximate surface area is 112 Å². The van der Waals surface area contributed by atoms with Gasteiger partial charge in [0.05, 0.1) is 37.0 Å². The van der Waals surface area contributed by atoms with Crippen molar-refractivity contribution in [3.8, 4) is 11.8 Å². The van der Waals surface area contributed by atoms with Gasteiger partial charge in [-0.25, -0.2) is 0 Å². The Hall–Kier alpha value is -2.10. The highest BCUT2D eigenvalue weighted by Gasteiger charge is 2.13. The van der Waals surface area contributed by atoms with E-state index in [1.54, 1.807) is 18.2 Å². The van der Waals surface area contributed by atoms with E-state index in [1.807, 2.05) is 6.07 Å². The molecule has 0 saturated heterocycles. The van der Waals surface area contributed by atoms with Gasteiger partial charge in [0.25, 0.3) is 0 Å². The normalized spacial score (nSPS) is 11.5. The number of methoxy groups -OCH3 is 2. The van der Waals surface area contributed by atoms with Crippen LogP contribution in [0.2, 0.25) is 0 Å². The number of carbonyl (C=O) groups is 1. The second-order valence-corrected chi connectivity index (χ2v) is 3.87. The molecule has 19 heavy (non-hydrogen) atoms. The first kappa shape index (κ1) is 15.0. The van der Waals surface area contributed by atoms with Gasteiger partial charge in [-0.3, -0.25) is 4.79 Å². The highest BCUT2D eigenvalue weighted by molar-refractivity contribution is 5.92. The molecule has 1 atom stereocenters. The van der Waals surface area contributed by atoms with Crippen molar-refractivity contribution in [2.45, 2.75) is 12.5 Å². The van der Waals surface area contributed by atoms with Crippen LogP contribution in [0.3, 0.4) is 0 Å². The summed E-state index contributed by atoms with van der Waals surface area (Å²) >= 11 is 0. The Morgan fingerprint density at radius 1 is 1.53 bits per heavy atom. The maximum Gasteiger partial charge on any atom is 0.227 e. The molecular weight excluding hydrogens is 246 g/mol. The molecule has 0 aliphatic heterocycles. The molecule has 0 aliphatic carbocycles. The van der Waals surface area contributed by atoms with Gasteiger partial charge in [-0.05, 0) is 12.1 Å². The van der Waals surface area contributed by atoms with Crippen LogP contribution in [0.4, 0.5) is 5.69 Å². The number of benzene rings is 1. The Balaban J connectivity index is 2.76. The van der Waals surface area contributed by atoms with Gasteiger partial charge in [0.2, 0.25) is 5.91 Å². The molecule has 3 N–H and O–H groups in total. The fraction of sp³-hybridized carbons (Fsp3) is 0.385. The highest BCUT2D eigenvalue weighted by atomic mass is 16.5. The minimum atomic E-state index is -0.315. The first-order valence-corrected chi connectivity index (χ1v) is 5.75. The summed E-state index contributed by atoms with van der Waals surface area (Å²) in [6, 6.07) is 6.80. The van der Waals surface area contributed by atoms with Crippen LogP contribution in [0.25, 0.3) is 0 Å². The summed E-state index contributed by atoms with van der Waals surface area (Å²) in [7, 11) is 2.98. The second kappa shape index (κ2) is 7.36. The fourth-order valence-corrected chi connectivity index (χ4v) is 1.53.